The number of halogens is 2. The molecular weight excluding hydrogens is 166 g/mol. The van der Waals surface area contributed by atoms with Gasteiger partial charge in [-0.05, 0) is 12.8 Å². The van der Waals surface area contributed by atoms with Gasteiger partial charge >= 0.3 is 0 Å². The molecule has 4 heteroatoms. The summed E-state index contributed by atoms with van der Waals surface area (Å²) in [6.07, 6.45) is 1.61. The van der Waals surface area contributed by atoms with Crippen molar-refractivity contribution in [3.63, 3.8) is 0 Å². The summed E-state index contributed by atoms with van der Waals surface area (Å²) in [5.74, 6) is -2.89. The maximum Gasteiger partial charge on any atom is 0.274 e. The van der Waals surface area contributed by atoms with Gasteiger partial charge < -0.3 is 9.84 Å². The SMILES string of the molecule is OCCC(F)(F)C1=COCCC1. The Hall–Kier alpha value is -0.640. The molecule has 0 spiro atoms. The van der Waals surface area contributed by atoms with Crippen LogP contribution in [0.15, 0.2) is 11.8 Å². The van der Waals surface area contributed by atoms with Gasteiger partial charge in [-0.1, -0.05) is 0 Å². The minimum absolute atomic E-state index is 0.00259. The maximum atomic E-state index is 13.0. The molecule has 0 saturated carbocycles. The first-order valence-electron chi connectivity index (χ1n) is 3.96. The number of allylic oxidation sites excluding steroid dienone is 1. The highest BCUT2D eigenvalue weighted by atomic mass is 19.3. The van der Waals surface area contributed by atoms with Crippen LogP contribution >= 0.6 is 0 Å². The van der Waals surface area contributed by atoms with Crippen LogP contribution in [0.25, 0.3) is 0 Å². The first kappa shape index (κ1) is 9.45. The van der Waals surface area contributed by atoms with E-state index in [2.05, 4.69) is 0 Å². The van der Waals surface area contributed by atoms with Crippen LogP contribution in [-0.4, -0.2) is 24.2 Å². The van der Waals surface area contributed by atoms with Crippen molar-refractivity contribution in [2.45, 2.75) is 25.2 Å². The van der Waals surface area contributed by atoms with E-state index >= 15 is 0 Å². The zero-order chi connectivity index (χ0) is 9.03. The molecule has 70 valence electrons. The number of hydrogen-bond donors (Lipinski definition) is 1. The van der Waals surface area contributed by atoms with Gasteiger partial charge in [-0.2, -0.15) is 0 Å². The van der Waals surface area contributed by atoms with E-state index in [0.29, 0.717) is 19.4 Å². The van der Waals surface area contributed by atoms with E-state index in [1.165, 1.54) is 0 Å². The topological polar surface area (TPSA) is 29.5 Å². The Labute approximate surface area is 69.8 Å². The van der Waals surface area contributed by atoms with Crippen LogP contribution in [0, 0.1) is 0 Å². The maximum absolute atomic E-state index is 13.0. The summed E-state index contributed by atoms with van der Waals surface area (Å²) in [5.41, 5.74) is 0.00259. The van der Waals surface area contributed by atoms with E-state index in [0.717, 1.165) is 6.26 Å². The van der Waals surface area contributed by atoms with Crippen molar-refractivity contribution in [2.75, 3.05) is 13.2 Å². The predicted molar refractivity (Wildman–Crippen MR) is 39.9 cm³/mol. The Morgan fingerprint density at radius 3 is 2.83 bits per heavy atom. The minimum atomic E-state index is -2.89. The standard InChI is InChI=1S/C8H12F2O2/c9-8(10,3-4-11)7-2-1-5-12-6-7/h6,11H,1-5H2. The van der Waals surface area contributed by atoms with Crippen molar-refractivity contribution in [1.29, 1.82) is 0 Å². The molecule has 1 N–H and O–H groups in total. The molecule has 0 aliphatic carbocycles. The molecule has 1 heterocycles. The van der Waals surface area contributed by atoms with Crippen LogP contribution in [0.4, 0.5) is 8.78 Å². The van der Waals surface area contributed by atoms with Crippen LogP contribution in [0.1, 0.15) is 19.3 Å². The second kappa shape index (κ2) is 3.85. The van der Waals surface area contributed by atoms with Gasteiger partial charge in [0.25, 0.3) is 5.92 Å². The van der Waals surface area contributed by atoms with E-state index in [1.807, 2.05) is 0 Å². The molecule has 0 fully saturated rings. The van der Waals surface area contributed by atoms with Crippen LogP contribution in [0.5, 0.6) is 0 Å². The van der Waals surface area contributed by atoms with Crippen LogP contribution in [0.3, 0.4) is 0 Å². The fourth-order valence-electron chi connectivity index (χ4n) is 1.13. The molecule has 0 bridgehead atoms. The molecule has 0 aromatic carbocycles. The van der Waals surface area contributed by atoms with E-state index in [-0.39, 0.29) is 5.57 Å². The number of rotatable bonds is 3. The van der Waals surface area contributed by atoms with Crippen molar-refractivity contribution < 1.29 is 18.6 Å². The number of ether oxygens (including phenoxy) is 1. The fraction of sp³-hybridized carbons (Fsp3) is 0.750. The molecule has 1 aliphatic heterocycles. The van der Waals surface area contributed by atoms with E-state index in [4.69, 9.17) is 9.84 Å². The van der Waals surface area contributed by atoms with E-state index in [9.17, 15) is 8.78 Å². The van der Waals surface area contributed by atoms with Crippen LogP contribution in [0.2, 0.25) is 0 Å². The first-order valence-corrected chi connectivity index (χ1v) is 3.96. The minimum Gasteiger partial charge on any atom is -0.501 e. The molecule has 2 nitrogen and oxygen atoms in total. The molecule has 0 unspecified atom stereocenters. The fourth-order valence-corrected chi connectivity index (χ4v) is 1.13. The highest BCUT2D eigenvalue weighted by Gasteiger charge is 2.34. The monoisotopic (exact) mass is 178 g/mol. The third-order valence-electron chi connectivity index (χ3n) is 1.83. The Kier molecular flexibility index (Phi) is 3.03. The molecule has 0 radical (unpaired) electrons. The summed E-state index contributed by atoms with van der Waals surface area (Å²) in [6, 6.07) is 0. The summed E-state index contributed by atoms with van der Waals surface area (Å²) in [7, 11) is 0. The largest absolute Gasteiger partial charge is 0.501 e. The summed E-state index contributed by atoms with van der Waals surface area (Å²) in [6.45, 7) is 0.0169. The average Bonchev–Trinajstić information content (AvgIpc) is 2.06. The van der Waals surface area contributed by atoms with Crippen molar-refractivity contribution in [3.05, 3.63) is 11.8 Å². The first-order chi connectivity index (χ1) is 5.67. The van der Waals surface area contributed by atoms with Gasteiger partial charge in [-0.15, -0.1) is 0 Å². The second-order valence-corrected chi connectivity index (χ2v) is 2.80. The zero-order valence-electron chi connectivity index (χ0n) is 6.72. The smallest absolute Gasteiger partial charge is 0.274 e. The van der Waals surface area contributed by atoms with Crippen molar-refractivity contribution in [1.82, 2.24) is 0 Å². The lowest BCUT2D eigenvalue weighted by Crippen LogP contribution is -2.23. The van der Waals surface area contributed by atoms with Gasteiger partial charge in [-0.3, -0.25) is 0 Å². The number of alkyl halides is 2. The highest BCUT2D eigenvalue weighted by Crippen LogP contribution is 2.32. The summed E-state index contributed by atoms with van der Waals surface area (Å²) < 4.78 is 30.8. The summed E-state index contributed by atoms with van der Waals surface area (Å²) >= 11 is 0. The molecule has 1 aliphatic rings. The van der Waals surface area contributed by atoms with Gasteiger partial charge in [-0.25, -0.2) is 8.78 Å². The lowest BCUT2D eigenvalue weighted by molar-refractivity contribution is 0.00441. The number of aliphatic hydroxyl groups is 1. The Morgan fingerprint density at radius 2 is 2.33 bits per heavy atom. The lowest BCUT2D eigenvalue weighted by Gasteiger charge is -2.21. The van der Waals surface area contributed by atoms with Gasteiger partial charge in [0, 0.05) is 18.6 Å². The average molecular weight is 178 g/mol. The molecule has 12 heavy (non-hydrogen) atoms. The summed E-state index contributed by atoms with van der Waals surface area (Å²) in [4.78, 5) is 0. The zero-order valence-corrected chi connectivity index (χ0v) is 6.72. The van der Waals surface area contributed by atoms with Gasteiger partial charge in [0.15, 0.2) is 0 Å². The quantitative estimate of drug-likeness (QED) is 0.712. The van der Waals surface area contributed by atoms with Crippen molar-refractivity contribution >= 4 is 0 Å². The lowest BCUT2D eigenvalue weighted by atomic mass is 10.0. The molecule has 0 aromatic heterocycles. The van der Waals surface area contributed by atoms with Crippen molar-refractivity contribution in [2.24, 2.45) is 0 Å². The number of hydrogen-bond acceptors (Lipinski definition) is 2. The molecule has 0 atom stereocenters. The molecule has 0 aromatic rings. The molecule has 0 saturated heterocycles. The van der Waals surface area contributed by atoms with Gasteiger partial charge in [0.05, 0.1) is 12.9 Å². The normalized spacial score (nSPS) is 18.4. The summed E-state index contributed by atoms with van der Waals surface area (Å²) in [5, 5.41) is 8.38. The van der Waals surface area contributed by atoms with Crippen molar-refractivity contribution in [3.8, 4) is 0 Å². The third kappa shape index (κ3) is 2.17. The number of aliphatic hydroxyl groups excluding tert-OH is 1. The third-order valence-corrected chi connectivity index (χ3v) is 1.83. The van der Waals surface area contributed by atoms with Gasteiger partial charge in [0.1, 0.15) is 0 Å². The predicted octanol–water partition coefficient (Wildman–Crippen LogP) is 1.70. The molecule has 0 amide bonds. The highest BCUT2D eigenvalue weighted by molar-refractivity contribution is 5.11. The van der Waals surface area contributed by atoms with E-state index < -0.39 is 19.0 Å². The second-order valence-electron chi connectivity index (χ2n) is 2.80. The van der Waals surface area contributed by atoms with Crippen LogP contribution < -0.4 is 0 Å². The van der Waals surface area contributed by atoms with Crippen LogP contribution in [-0.2, 0) is 4.74 Å². The van der Waals surface area contributed by atoms with E-state index in [1.54, 1.807) is 0 Å². The molecule has 1 rings (SSSR count). The molecular formula is C8H12F2O2. The Balaban J connectivity index is 2.59. The Bertz CT molecular complexity index is 178. The van der Waals surface area contributed by atoms with Gasteiger partial charge in [0.2, 0.25) is 0 Å². The Morgan fingerprint density at radius 1 is 1.58 bits per heavy atom.